The van der Waals surface area contributed by atoms with Gasteiger partial charge >= 0.3 is 0 Å². The molecule has 0 radical (unpaired) electrons. The summed E-state index contributed by atoms with van der Waals surface area (Å²) in [6.45, 7) is 4.42. The van der Waals surface area contributed by atoms with Crippen molar-refractivity contribution in [2.24, 2.45) is 0 Å². The van der Waals surface area contributed by atoms with Crippen LogP contribution in [0.2, 0.25) is 0 Å². The third kappa shape index (κ3) is 3.56. The lowest BCUT2D eigenvalue weighted by molar-refractivity contribution is 0.656. The molecule has 0 aliphatic heterocycles. The summed E-state index contributed by atoms with van der Waals surface area (Å²) < 4.78 is 1.65. The first-order chi connectivity index (χ1) is 8.31. The van der Waals surface area contributed by atoms with Gasteiger partial charge in [0.05, 0.1) is 0 Å². The van der Waals surface area contributed by atoms with E-state index in [1.807, 2.05) is 6.92 Å². The Kier molecular flexibility index (Phi) is 4.14. The van der Waals surface area contributed by atoms with Crippen molar-refractivity contribution < 1.29 is 0 Å². The second-order valence-corrected chi connectivity index (χ2v) is 4.38. The molecule has 94 valence electrons. The van der Waals surface area contributed by atoms with Crippen LogP contribution in [0.3, 0.4) is 0 Å². The van der Waals surface area contributed by atoms with Crippen molar-refractivity contribution in [1.82, 2.24) is 14.9 Å². The zero-order valence-corrected chi connectivity index (χ0v) is 10.3. The van der Waals surface area contributed by atoms with Crippen LogP contribution in [0.25, 0.3) is 0 Å². The number of hydrogen-bond donors (Lipinski definition) is 2. The van der Waals surface area contributed by atoms with Gasteiger partial charge in [-0.15, -0.1) is 0 Å². The molecular weight excluding hydrogens is 216 g/mol. The van der Waals surface area contributed by atoms with E-state index in [1.54, 1.807) is 17.0 Å². The maximum Gasteiger partial charge on any atom is 0.293 e. The second kappa shape index (κ2) is 5.82. The Hall–Kier alpha value is -1.36. The first kappa shape index (κ1) is 12.1. The molecule has 0 bridgehead atoms. The first-order valence-corrected chi connectivity index (χ1v) is 6.34. The normalized spacial score (nSPS) is 14.9. The molecule has 5 heteroatoms. The van der Waals surface area contributed by atoms with Crippen molar-refractivity contribution in [2.75, 3.05) is 18.4 Å². The van der Waals surface area contributed by atoms with Crippen LogP contribution >= 0.6 is 0 Å². The van der Waals surface area contributed by atoms with Crippen LogP contribution in [-0.2, 0) is 6.54 Å². The lowest BCUT2D eigenvalue weighted by Gasteiger charge is -2.07. The number of nitrogens with one attached hydrogen (secondary N) is 2. The fraction of sp³-hybridized carbons (Fsp3) is 0.667. The van der Waals surface area contributed by atoms with Gasteiger partial charge in [0.1, 0.15) is 0 Å². The van der Waals surface area contributed by atoms with Crippen LogP contribution in [0.4, 0.5) is 5.82 Å². The van der Waals surface area contributed by atoms with Gasteiger partial charge in [-0.3, -0.25) is 4.79 Å². The van der Waals surface area contributed by atoms with E-state index < -0.39 is 0 Å². The Morgan fingerprint density at radius 3 is 3.00 bits per heavy atom. The number of aryl methyl sites for hydroxylation is 1. The van der Waals surface area contributed by atoms with Crippen LogP contribution in [0, 0.1) is 0 Å². The Bertz CT molecular complexity index is 411. The van der Waals surface area contributed by atoms with E-state index in [9.17, 15) is 4.79 Å². The van der Waals surface area contributed by atoms with E-state index >= 15 is 0 Å². The van der Waals surface area contributed by atoms with Crippen molar-refractivity contribution in [3.63, 3.8) is 0 Å². The average molecular weight is 236 g/mol. The molecule has 1 aliphatic carbocycles. The van der Waals surface area contributed by atoms with E-state index in [1.165, 1.54) is 12.8 Å². The molecule has 1 heterocycles. The first-order valence-electron chi connectivity index (χ1n) is 6.34. The molecule has 2 N–H and O–H groups in total. The Labute approximate surface area is 101 Å². The van der Waals surface area contributed by atoms with Gasteiger partial charge in [0.15, 0.2) is 5.82 Å². The molecule has 0 spiro atoms. The minimum atomic E-state index is -0.0369. The molecule has 0 aromatic carbocycles. The summed E-state index contributed by atoms with van der Waals surface area (Å²) in [5.74, 6) is 0.459. The quantitative estimate of drug-likeness (QED) is 0.688. The maximum absolute atomic E-state index is 11.8. The Balaban J connectivity index is 1.75. The molecule has 1 aliphatic rings. The Morgan fingerprint density at radius 2 is 2.29 bits per heavy atom. The Morgan fingerprint density at radius 1 is 1.47 bits per heavy atom. The molecule has 0 unspecified atom stereocenters. The van der Waals surface area contributed by atoms with Crippen LogP contribution in [-0.4, -0.2) is 28.7 Å². The summed E-state index contributed by atoms with van der Waals surface area (Å²) in [6, 6.07) is 0.752. The van der Waals surface area contributed by atoms with Gasteiger partial charge in [0.25, 0.3) is 5.56 Å². The fourth-order valence-corrected chi connectivity index (χ4v) is 1.71. The lowest BCUT2D eigenvalue weighted by atomic mass is 10.4. The third-order valence-electron chi connectivity index (χ3n) is 2.91. The minimum Gasteiger partial charge on any atom is -0.365 e. The predicted octanol–water partition coefficient (Wildman–Crippen LogP) is 0.817. The standard InChI is InChI=1S/C12H20N4O/c1-2-16-9-8-15-11(12(16)17)14-7-3-6-13-10-4-5-10/h8-10,13H,2-7H2,1H3,(H,14,15). The molecule has 5 nitrogen and oxygen atoms in total. The van der Waals surface area contributed by atoms with Gasteiger partial charge in [-0.2, -0.15) is 0 Å². The zero-order chi connectivity index (χ0) is 12.1. The molecule has 1 saturated carbocycles. The summed E-state index contributed by atoms with van der Waals surface area (Å²) in [5, 5.41) is 6.53. The summed E-state index contributed by atoms with van der Waals surface area (Å²) in [7, 11) is 0. The molecule has 1 aromatic heterocycles. The van der Waals surface area contributed by atoms with E-state index in [4.69, 9.17) is 0 Å². The van der Waals surface area contributed by atoms with Crippen molar-refractivity contribution in [3.05, 3.63) is 22.7 Å². The number of anilines is 1. The summed E-state index contributed by atoms with van der Waals surface area (Å²) in [6.07, 6.45) is 7.01. The van der Waals surface area contributed by atoms with Crippen LogP contribution in [0.15, 0.2) is 17.2 Å². The molecular formula is C12H20N4O. The second-order valence-electron chi connectivity index (χ2n) is 4.38. The van der Waals surface area contributed by atoms with E-state index in [0.29, 0.717) is 12.4 Å². The highest BCUT2D eigenvalue weighted by atomic mass is 16.1. The molecule has 2 rings (SSSR count). The van der Waals surface area contributed by atoms with E-state index in [2.05, 4.69) is 15.6 Å². The van der Waals surface area contributed by atoms with Gasteiger partial charge in [-0.25, -0.2) is 4.98 Å². The van der Waals surface area contributed by atoms with Crippen molar-refractivity contribution in [1.29, 1.82) is 0 Å². The molecule has 0 saturated heterocycles. The van der Waals surface area contributed by atoms with Crippen molar-refractivity contribution >= 4 is 5.82 Å². The average Bonchev–Trinajstić information content (AvgIpc) is 3.15. The minimum absolute atomic E-state index is 0.0369. The topological polar surface area (TPSA) is 59.0 Å². The van der Waals surface area contributed by atoms with Gasteiger partial charge in [0, 0.05) is 31.5 Å². The van der Waals surface area contributed by atoms with Gasteiger partial charge in [-0.1, -0.05) is 0 Å². The molecule has 0 amide bonds. The molecule has 1 fully saturated rings. The van der Waals surface area contributed by atoms with Crippen LogP contribution < -0.4 is 16.2 Å². The highest BCUT2D eigenvalue weighted by molar-refractivity contribution is 5.30. The van der Waals surface area contributed by atoms with E-state index in [-0.39, 0.29) is 5.56 Å². The molecule has 0 atom stereocenters. The van der Waals surface area contributed by atoms with Crippen molar-refractivity contribution in [3.8, 4) is 0 Å². The number of nitrogens with zero attached hydrogens (tertiary/aromatic N) is 2. The van der Waals surface area contributed by atoms with Gasteiger partial charge < -0.3 is 15.2 Å². The van der Waals surface area contributed by atoms with Gasteiger partial charge in [-0.05, 0) is 32.7 Å². The van der Waals surface area contributed by atoms with E-state index in [0.717, 1.165) is 25.6 Å². The van der Waals surface area contributed by atoms with Crippen LogP contribution in [0.1, 0.15) is 26.2 Å². The van der Waals surface area contributed by atoms with Crippen LogP contribution in [0.5, 0.6) is 0 Å². The smallest absolute Gasteiger partial charge is 0.293 e. The number of aromatic nitrogens is 2. The highest BCUT2D eigenvalue weighted by Crippen LogP contribution is 2.18. The number of hydrogen-bond acceptors (Lipinski definition) is 4. The number of rotatable bonds is 7. The largest absolute Gasteiger partial charge is 0.365 e. The summed E-state index contributed by atoms with van der Waals surface area (Å²) in [5.41, 5.74) is -0.0369. The molecule has 1 aromatic rings. The highest BCUT2D eigenvalue weighted by Gasteiger charge is 2.19. The summed E-state index contributed by atoms with van der Waals surface area (Å²) in [4.78, 5) is 15.9. The zero-order valence-electron chi connectivity index (χ0n) is 10.3. The molecule has 17 heavy (non-hydrogen) atoms. The monoisotopic (exact) mass is 236 g/mol. The lowest BCUT2D eigenvalue weighted by Crippen LogP contribution is -2.25. The fourth-order valence-electron chi connectivity index (χ4n) is 1.71. The maximum atomic E-state index is 11.8. The van der Waals surface area contributed by atoms with Crippen molar-refractivity contribution in [2.45, 2.75) is 38.8 Å². The predicted molar refractivity (Wildman–Crippen MR) is 68.3 cm³/mol. The summed E-state index contributed by atoms with van der Waals surface area (Å²) >= 11 is 0. The third-order valence-corrected chi connectivity index (χ3v) is 2.91. The SMILES string of the molecule is CCn1ccnc(NCCCNC2CC2)c1=O. The van der Waals surface area contributed by atoms with Gasteiger partial charge in [0.2, 0.25) is 0 Å².